The second kappa shape index (κ2) is 6.00. The molecule has 0 radical (unpaired) electrons. The lowest BCUT2D eigenvalue weighted by atomic mass is 9.79. The Morgan fingerprint density at radius 3 is 2.33 bits per heavy atom. The number of rotatable bonds is 3. The molecule has 3 rings (SSSR count). The first-order valence-corrected chi connectivity index (χ1v) is 7.80. The largest absolute Gasteiger partial charge is 0.494 e. The number of amides is 1. The summed E-state index contributed by atoms with van der Waals surface area (Å²) in [4.78, 5) is 19.9. The SMILES string of the molecule is CC1(C)OB(c2cccc(NC(=O)c3cncnc3)c2)OC1(C)C. The van der Waals surface area contributed by atoms with Crippen LogP contribution >= 0.6 is 0 Å². The fraction of sp³-hybridized carbons (Fsp3) is 0.353. The van der Waals surface area contributed by atoms with E-state index in [1.165, 1.54) is 18.7 Å². The maximum Gasteiger partial charge on any atom is 0.494 e. The predicted molar refractivity (Wildman–Crippen MR) is 92.1 cm³/mol. The van der Waals surface area contributed by atoms with Crippen LogP contribution in [0.15, 0.2) is 43.0 Å². The molecular weight excluding hydrogens is 305 g/mol. The molecule has 1 N–H and O–H groups in total. The second-order valence-corrected chi connectivity index (χ2v) is 6.79. The van der Waals surface area contributed by atoms with Gasteiger partial charge in [-0.3, -0.25) is 4.79 Å². The molecule has 1 saturated heterocycles. The maximum absolute atomic E-state index is 12.2. The average molecular weight is 325 g/mol. The molecule has 7 heteroatoms. The molecule has 1 aliphatic heterocycles. The maximum atomic E-state index is 12.2. The van der Waals surface area contributed by atoms with Crippen molar-refractivity contribution in [3.63, 3.8) is 0 Å². The van der Waals surface area contributed by atoms with E-state index in [2.05, 4.69) is 15.3 Å². The highest BCUT2D eigenvalue weighted by Crippen LogP contribution is 2.36. The van der Waals surface area contributed by atoms with Crippen LogP contribution < -0.4 is 10.8 Å². The smallest absolute Gasteiger partial charge is 0.399 e. The molecule has 24 heavy (non-hydrogen) atoms. The molecule has 2 aromatic rings. The van der Waals surface area contributed by atoms with E-state index in [0.717, 1.165) is 5.46 Å². The van der Waals surface area contributed by atoms with Gasteiger partial charge < -0.3 is 14.6 Å². The van der Waals surface area contributed by atoms with Crippen molar-refractivity contribution in [2.45, 2.75) is 38.9 Å². The van der Waals surface area contributed by atoms with Gasteiger partial charge in [0.1, 0.15) is 6.33 Å². The lowest BCUT2D eigenvalue weighted by molar-refractivity contribution is 0.00578. The van der Waals surface area contributed by atoms with Crippen LogP contribution in [-0.4, -0.2) is 34.2 Å². The average Bonchev–Trinajstić information content (AvgIpc) is 2.76. The highest BCUT2D eigenvalue weighted by molar-refractivity contribution is 6.62. The molecule has 0 unspecified atom stereocenters. The Morgan fingerprint density at radius 1 is 1.08 bits per heavy atom. The zero-order chi connectivity index (χ0) is 17.4. The highest BCUT2D eigenvalue weighted by atomic mass is 16.7. The predicted octanol–water partition coefficient (Wildman–Crippen LogP) is 2.03. The normalized spacial score (nSPS) is 18.4. The van der Waals surface area contributed by atoms with Gasteiger partial charge in [-0.15, -0.1) is 0 Å². The molecule has 1 fully saturated rings. The van der Waals surface area contributed by atoms with Gasteiger partial charge in [0.15, 0.2) is 0 Å². The van der Waals surface area contributed by atoms with Gasteiger partial charge >= 0.3 is 7.12 Å². The minimum atomic E-state index is -0.466. The summed E-state index contributed by atoms with van der Waals surface area (Å²) in [5.74, 6) is -0.262. The number of carbonyl (C=O) groups is 1. The molecule has 0 bridgehead atoms. The van der Waals surface area contributed by atoms with Crippen molar-refractivity contribution in [2.24, 2.45) is 0 Å². The molecule has 0 spiro atoms. The third-order valence-corrected chi connectivity index (χ3v) is 4.49. The minimum Gasteiger partial charge on any atom is -0.399 e. The summed E-state index contributed by atoms with van der Waals surface area (Å²) in [5.41, 5.74) is 1.11. The molecular formula is C17H20BN3O3. The van der Waals surface area contributed by atoms with Crippen LogP contribution in [0.2, 0.25) is 0 Å². The standard InChI is InChI=1S/C17H20BN3O3/c1-16(2)17(3,4)24-18(23-16)13-6-5-7-14(8-13)21-15(22)12-9-19-11-20-10-12/h5-11H,1-4H3,(H,21,22). The summed E-state index contributed by atoms with van der Waals surface area (Å²) in [6, 6.07) is 7.45. The van der Waals surface area contributed by atoms with Crippen LogP contribution in [0, 0.1) is 0 Å². The van der Waals surface area contributed by atoms with Crippen molar-refractivity contribution in [2.75, 3.05) is 5.32 Å². The summed E-state index contributed by atoms with van der Waals surface area (Å²) in [5, 5.41) is 2.83. The molecule has 0 saturated carbocycles. The number of aromatic nitrogens is 2. The Kier molecular flexibility index (Phi) is 4.15. The Hall–Kier alpha value is -2.25. The molecule has 6 nitrogen and oxygen atoms in total. The Labute approximate surface area is 141 Å². The van der Waals surface area contributed by atoms with E-state index in [1.54, 1.807) is 0 Å². The van der Waals surface area contributed by atoms with Gasteiger partial charge in [0.2, 0.25) is 0 Å². The van der Waals surface area contributed by atoms with E-state index >= 15 is 0 Å². The Morgan fingerprint density at radius 2 is 1.71 bits per heavy atom. The van der Waals surface area contributed by atoms with E-state index in [4.69, 9.17) is 9.31 Å². The number of nitrogens with zero attached hydrogens (tertiary/aromatic N) is 2. The number of nitrogens with one attached hydrogen (secondary N) is 1. The molecule has 1 aromatic carbocycles. The molecule has 1 aromatic heterocycles. The summed E-state index contributed by atoms with van der Waals surface area (Å²) in [7, 11) is -0.466. The molecule has 1 amide bonds. The quantitative estimate of drug-likeness (QED) is 0.874. The van der Waals surface area contributed by atoms with Crippen LogP contribution in [0.1, 0.15) is 38.1 Å². The first-order chi connectivity index (χ1) is 11.3. The van der Waals surface area contributed by atoms with E-state index < -0.39 is 18.3 Å². The van der Waals surface area contributed by atoms with Gasteiger partial charge in [-0.2, -0.15) is 0 Å². The van der Waals surface area contributed by atoms with Crippen molar-refractivity contribution in [3.8, 4) is 0 Å². The topological polar surface area (TPSA) is 73.3 Å². The number of carbonyl (C=O) groups excluding carboxylic acids is 1. The molecule has 0 aliphatic carbocycles. The van der Waals surface area contributed by atoms with Crippen LogP contribution in [0.5, 0.6) is 0 Å². The monoisotopic (exact) mass is 325 g/mol. The molecule has 2 heterocycles. The lowest BCUT2D eigenvalue weighted by Crippen LogP contribution is -2.41. The van der Waals surface area contributed by atoms with Gasteiger partial charge in [-0.05, 0) is 45.3 Å². The van der Waals surface area contributed by atoms with E-state index in [0.29, 0.717) is 11.3 Å². The van der Waals surface area contributed by atoms with Crippen molar-refractivity contribution in [1.29, 1.82) is 0 Å². The van der Waals surface area contributed by atoms with Crippen LogP contribution in [0.4, 0.5) is 5.69 Å². The third kappa shape index (κ3) is 3.18. The zero-order valence-electron chi connectivity index (χ0n) is 14.2. The zero-order valence-corrected chi connectivity index (χ0v) is 14.2. The van der Waals surface area contributed by atoms with E-state index in [-0.39, 0.29) is 5.91 Å². The van der Waals surface area contributed by atoms with Crippen molar-refractivity contribution in [3.05, 3.63) is 48.5 Å². The summed E-state index contributed by atoms with van der Waals surface area (Å²) >= 11 is 0. The van der Waals surface area contributed by atoms with Gasteiger partial charge in [0, 0.05) is 18.1 Å². The summed E-state index contributed by atoms with van der Waals surface area (Å²) in [6.45, 7) is 8.03. The van der Waals surface area contributed by atoms with Crippen molar-refractivity contribution >= 4 is 24.2 Å². The van der Waals surface area contributed by atoms with Crippen LogP contribution in [-0.2, 0) is 9.31 Å². The third-order valence-electron chi connectivity index (χ3n) is 4.49. The lowest BCUT2D eigenvalue weighted by Gasteiger charge is -2.32. The van der Waals surface area contributed by atoms with Crippen molar-refractivity contribution in [1.82, 2.24) is 9.97 Å². The molecule has 124 valence electrons. The second-order valence-electron chi connectivity index (χ2n) is 6.79. The Balaban J connectivity index is 1.77. The van der Waals surface area contributed by atoms with Gasteiger partial charge in [-0.1, -0.05) is 12.1 Å². The molecule has 1 aliphatic rings. The van der Waals surface area contributed by atoms with E-state index in [1.807, 2.05) is 52.0 Å². The highest BCUT2D eigenvalue weighted by Gasteiger charge is 2.51. The van der Waals surface area contributed by atoms with Crippen LogP contribution in [0.3, 0.4) is 0 Å². The van der Waals surface area contributed by atoms with E-state index in [9.17, 15) is 4.79 Å². The molecule has 0 atom stereocenters. The van der Waals surface area contributed by atoms with Gasteiger partial charge in [0.05, 0.1) is 16.8 Å². The number of hydrogen-bond acceptors (Lipinski definition) is 5. The van der Waals surface area contributed by atoms with Gasteiger partial charge in [-0.25, -0.2) is 9.97 Å². The fourth-order valence-corrected chi connectivity index (χ4v) is 2.36. The summed E-state index contributed by atoms with van der Waals surface area (Å²) in [6.07, 6.45) is 4.33. The minimum absolute atomic E-state index is 0.262. The first kappa shape index (κ1) is 16.6. The summed E-state index contributed by atoms with van der Waals surface area (Å²) < 4.78 is 12.1. The number of benzene rings is 1. The first-order valence-electron chi connectivity index (χ1n) is 7.80. The number of hydrogen-bond donors (Lipinski definition) is 1. The van der Waals surface area contributed by atoms with Crippen LogP contribution in [0.25, 0.3) is 0 Å². The fourth-order valence-electron chi connectivity index (χ4n) is 2.36. The Bertz CT molecular complexity index is 734. The van der Waals surface area contributed by atoms with Crippen molar-refractivity contribution < 1.29 is 14.1 Å². The van der Waals surface area contributed by atoms with Gasteiger partial charge in [0.25, 0.3) is 5.91 Å². The number of anilines is 1.